The van der Waals surface area contributed by atoms with Gasteiger partial charge < -0.3 is 16.0 Å². The topological polar surface area (TPSA) is 75.4 Å². The normalized spacial score (nSPS) is 9.89. The molecular weight excluding hydrogens is 230 g/mol. The largest absolute Gasteiger partial charge is 0.399 e. The molecule has 5 nitrogen and oxygen atoms in total. The maximum Gasteiger partial charge on any atom is 0.226 e. The minimum absolute atomic E-state index is 0.0236. The van der Waals surface area contributed by atoms with Gasteiger partial charge in [-0.2, -0.15) is 0 Å². The Morgan fingerprint density at radius 3 is 2.72 bits per heavy atom. The highest BCUT2D eigenvalue weighted by Crippen LogP contribution is 2.08. The van der Waals surface area contributed by atoms with Crippen molar-refractivity contribution < 1.29 is 9.59 Å². The van der Waals surface area contributed by atoms with Gasteiger partial charge in [-0.05, 0) is 17.7 Å². The summed E-state index contributed by atoms with van der Waals surface area (Å²) in [4.78, 5) is 24.5. The van der Waals surface area contributed by atoms with Crippen molar-refractivity contribution in [1.82, 2.24) is 10.2 Å². The van der Waals surface area contributed by atoms with Crippen LogP contribution in [-0.2, 0) is 16.0 Å². The summed E-state index contributed by atoms with van der Waals surface area (Å²) in [5.41, 5.74) is 7.18. The van der Waals surface area contributed by atoms with Crippen LogP contribution in [-0.4, -0.2) is 37.4 Å². The standard InChI is InChI=1S/C13H19N3O2/c1-15-12(17)6-7-16(2)13(18)9-10-4-3-5-11(14)8-10/h3-5,8H,6-7,9,14H2,1-2H3,(H,15,17). The van der Waals surface area contributed by atoms with Crippen molar-refractivity contribution in [2.75, 3.05) is 26.4 Å². The van der Waals surface area contributed by atoms with E-state index in [-0.39, 0.29) is 11.8 Å². The Bertz CT molecular complexity index is 432. The van der Waals surface area contributed by atoms with Crippen LogP contribution in [0.3, 0.4) is 0 Å². The van der Waals surface area contributed by atoms with Gasteiger partial charge in [-0.25, -0.2) is 0 Å². The van der Waals surface area contributed by atoms with E-state index < -0.39 is 0 Å². The summed E-state index contributed by atoms with van der Waals surface area (Å²) in [5.74, 6) is -0.0943. The van der Waals surface area contributed by atoms with Crippen molar-refractivity contribution >= 4 is 17.5 Å². The van der Waals surface area contributed by atoms with Crippen molar-refractivity contribution in [2.24, 2.45) is 0 Å². The molecule has 0 fully saturated rings. The van der Waals surface area contributed by atoms with Gasteiger partial charge in [0, 0.05) is 32.7 Å². The first-order valence-corrected chi connectivity index (χ1v) is 5.82. The SMILES string of the molecule is CNC(=O)CCN(C)C(=O)Cc1cccc(N)c1. The number of likely N-dealkylation sites (N-methyl/N-ethyl adjacent to an activating group) is 1. The second-order valence-corrected chi connectivity index (χ2v) is 4.16. The van der Waals surface area contributed by atoms with Crippen molar-refractivity contribution in [3.63, 3.8) is 0 Å². The number of carbonyl (C=O) groups excluding carboxylic acids is 2. The highest BCUT2D eigenvalue weighted by atomic mass is 16.2. The molecule has 0 bridgehead atoms. The average molecular weight is 249 g/mol. The number of carbonyl (C=O) groups is 2. The molecule has 0 aliphatic heterocycles. The smallest absolute Gasteiger partial charge is 0.226 e. The molecule has 0 aromatic heterocycles. The van der Waals surface area contributed by atoms with Gasteiger partial charge in [-0.1, -0.05) is 12.1 Å². The lowest BCUT2D eigenvalue weighted by Crippen LogP contribution is -2.32. The summed E-state index contributed by atoms with van der Waals surface area (Å²) < 4.78 is 0. The van der Waals surface area contributed by atoms with Crippen LogP contribution in [0.2, 0.25) is 0 Å². The van der Waals surface area contributed by atoms with Crippen LogP contribution in [0, 0.1) is 0 Å². The number of nitrogens with zero attached hydrogens (tertiary/aromatic N) is 1. The lowest BCUT2D eigenvalue weighted by atomic mass is 10.1. The van der Waals surface area contributed by atoms with Gasteiger partial charge in [0.05, 0.1) is 6.42 Å². The second kappa shape index (κ2) is 6.64. The van der Waals surface area contributed by atoms with E-state index in [1.54, 1.807) is 31.1 Å². The van der Waals surface area contributed by atoms with E-state index >= 15 is 0 Å². The van der Waals surface area contributed by atoms with E-state index in [0.29, 0.717) is 25.1 Å². The highest BCUT2D eigenvalue weighted by molar-refractivity contribution is 5.80. The van der Waals surface area contributed by atoms with Crippen LogP contribution in [0.15, 0.2) is 24.3 Å². The Morgan fingerprint density at radius 1 is 1.39 bits per heavy atom. The van der Waals surface area contributed by atoms with Crippen LogP contribution in [0.4, 0.5) is 5.69 Å². The van der Waals surface area contributed by atoms with Gasteiger partial charge in [0.15, 0.2) is 0 Å². The Hall–Kier alpha value is -2.04. The monoisotopic (exact) mass is 249 g/mol. The van der Waals surface area contributed by atoms with Gasteiger partial charge in [0.2, 0.25) is 11.8 Å². The number of hydrogen-bond donors (Lipinski definition) is 2. The zero-order valence-electron chi connectivity index (χ0n) is 10.8. The summed E-state index contributed by atoms with van der Waals surface area (Å²) in [7, 11) is 3.27. The first-order chi connectivity index (χ1) is 8.52. The van der Waals surface area contributed by atoms with Gasteiger partial charge in [0.1, 0.15) is 0 Å². The lowest BCUT2D eigenvalue weighted by Gasteiger charge is -2.16. The quantitative estimate of drug-likeness (QED) is 0.742. The van der Waals surface area contributed by atoms with Crippen molar-refractivity contribution in [3.05, 3.63) is 29.8 Å². The van der Waals surface area contributed by atoms with E-state index in [4.69, 9.17) is 5.73 Å². The molecule has 0 atom stereocenters. The maximum absolute atomic E-state index is 11.9. The minimum atomic E-state index is -0.0707. The maximum atomic E-state index is 11.9. The molecule has 18 heavy (non-hydrogen) atoms. The minimum Gasteiger partial charge on any atom is -0.399 e. The highest BCUT2D eigenvalue weighted by Gasteiger charge is 2.11. The predicted molar refractivity (Wildman–Crippen MR) is 70.9 cm³/mol. The summed E-state index contributed by atoms with van der Waals surface area (Å²) in [6.45, 7) is 0.417. The van der Waals surface area contributed by atoms with Crippen molar-refractivity contribution in [1.29, 1.82) is 0 Å². The number of nitrogens with one attached hydrogen (secondary N) is 1. The average Bonchev–Trinajstić information content (AvgIpc) is 2.35. The number of rotatable bonds is 5. The van der Waals surface area contributed by atoms with E-state index in [0.717, 1.165) is 5.56 Å². The zero-order chi connectivity index (χ0) is 13.5. The van der Waals surface area contributed by atoms with E-state index in [9.17, 15) is 9.59 Å². The first kappa shape index (κ1) is 14.0. The molecule has 98 valence electrons. The molecule has 0 spiro atoms. The molecule has 2 amide bonds. The molecule has 0 radical (unpaired) electrons. The summed E-state index contributed by atoms with van der Waals surface area (Å²) in [5, 5.41) is 2.52. The molecule has 0 aliphatic rings. The Morgan fingerprint density at radius 2 is 2.11 bits per heavy atom. The fourth-order valence-corrected chi connectivity index (χ4v) is 1.53. The van der Waals surface area contributed by atoms with E-state index in [2.05, 4.69) is 5.32 Å². The van der Waals surface area contributed by atoms with Gasteiger partial charge in [0.25, 0.3) is 0 Å². The van der Waals surface area contributed by atoms with Gasteiger partial charge >= 0.3 is 0 Å². The molecule has 5 heteroatoms. The molecule has 3 N–H and O–H groups in total. The van der Waals surface area contributed by atoms with Crippen LogP contribution in [0.25, 0.3) is 0 Å². The Labute approximate surface area is 107 Å². The van der Waals surface area contributed by atoms with Crippen LogP contribution >= 0.6 is 0 Å². The molecule has 1 aromatic rings. The molecule has 0 unspecified atom stereocenters. The van der Waals surface area contributed by atoms with Crippen LogP contribution in [0.5, 0.6) is 0 Å². The third-order valence-electron chi connectivity index (χ3n) is 2.69. The molecule has 1 rings (SSSR count). The second-order valence-electron chi connectivity index (χ2n) is 4.16. The summed E-state index contributed by atoms with van der Waals surface area (Å²) in [6.07, 6.45) is 0.616. The third kappa shape index (κ3) is 4.45. The fourth-order valence-electron chi connectivity index (χ4n) is 1.53. The van der Waals surface area contributed by atoms with Crippen molar-refractivity contribution in [3.8, 4) is 0 Å². The molecular formula is C13H19N3O2. The number of anilines is 1. The fraction of sp³-hybridized carbons (Fsp3) is 0.385. The number of benzene rings is 1. The van der Waals surface area contributed by atoms with E-state index in [1.807, 2.05) is 12.1 Å². The Kier molecular flexibility index (Phi) is 5.17. The predicted octanol–water partition coefficient (Wildman–Crippen LogP) is 0.406. The lowest BCUT2D eigenvalue weighted by molar-refractivity contribution is -0.129. The number of amides is 2. The molecule has 1 aromatic carbocycles. The first-order valence-electron chi connectivity index (χ1n) is 5.82. The van der Waals surface area contributed by atoms with Crippen LogP contribution in [0.1, 0.15) is 12.0 Å². The molecule has 0 aliphatic carbocycles. The summed E-state index contributed by atoms with van der Waals surface area (Å²) >= 11 is 0. The molecule has 0 saturated carbocycles. The molecule has 0 saturated heterocycles. The number of hydrogen-bond acceptors (Lipinski definition) is 3. The number of nitrogen functional groups attached to an aromatic ring is 1. The zero-order valence-corrected chi connectivity index (χ0v) is 10.8. The third-order valence-corrected chi connectivity index (χ3v) is 2.69. The van der Waals surface area contributed by atoms with Crippen LogP contribution < -0.4 is 11.1 Å². The Balaban J connectivity index is 2.47. The van der Waals surface area contributed by atoms with Gasteiger partial charge in [-0.3, -0.25) is 9.59 Å². The van der Waals surface area contributed by atoms with Crippen molar-refractivity contribution in [2.45, 2.75) is 12.8 Å². The summed E-state index contributed by atoms with van der Waals surface area (Å²) in [6, 6.07) is 7.25. The van der Waals surface area contributed by atoms with E-state index in [1.165, 1.54) is 0 Å². The molecule has 0 heterocycles. The van der Waals surface area contributed by atoms with Gasteiger partial charge in [-0.15, -0.1) is 0 Å². The number of nitrogens with two attached hydrogens (primary N) is 1.